The van der Waals surface area contributed by atoms with Crippen LogP contribution in [0.25, 0.3) is 78.2 Å². The molecule has 0 atom stereocenters. The first-order chi connectivity index (χ1) is 22.8. The number of benzene rings is 6. The van der Waals surface area contributed by atoms with E-state index in [0.717, 1.165) is 72.4 Å². The number of pyridine rings is 1. The van der Waals surface area contributed by atoms with Gasteiger partial charge in [-0.3, -0.25) is 0 Å². The fourth-order valence-electron chi connectivity index (χ4n) is 6.08. The Labute approximate surface area is 288 Å². The van der Waals surface area contributed by atoms with E-state index in [0.29, 0.717) is 5.82 Å². The molecule has 0 fully saturated rings. The molecular formula is C43H28IrN3-. The van der Waals surface area contributed by atoms with Crippen LogP contribution in [-0.2, 0) is 20.1 Å². The number of rotatable bonds is 6. The van der Waals surface area contributed by atoms with Gasteiger partial charge < -0.3 is 4.98 Å². The van der Waals surface area contributed by atoms with Crippen molar-refractivity contribution in [2.75, 3.05) is 0 Å². The van der Waals surface area contributed by atoms with Crippen molar-refractivity contribution in [3.05, 3.63) is 176 Å². The van der Waals surface area contributed by atoms with Crippen LogP contribution >= 0.6 is 0 Å². The summed E-state index contributed by atoms with van der Waals surface area (Å²) >= 11 is 0. The van der Waals surface area contributed by atoms with E-state index in [-0.39, 0.29) is 20.1 Å². The zero-order valence-electron chi connectivity index (χ0n) is 25.3. The summed E-state index contributed by atoms with van der Waals surface area (Å²) in [6.07, 6.45) is 1.86. The minimum atomic E-state index is 0. The van der Waals surface area contributed by atoms with Gasteiger partial charge in [0.1, 0.15) is 5.82 Å². The molecular weight excluding hydrogens is 751 g/mol. The summed E-state index contributed by atoms with van der Waals surface area (Å²) in [6.45, 7) is 0. The van der Waals surface area contributed by atoms with E-state index in [1.165, 1.54) is 0 Å². The number of hydrogen-bond donors (Lipinski definition) is 0. The van der Waals surface area contributed by atoms with Crippen LogP contribution in [0, 0.1) is 6.07 Å². The van der Waals surface area contributed by atoms with Crippen molar-refractivity contribution in [3.63, 3.8) is 0 Å². The van der Waals surface area contributed by atoms with E-state index in [2.05, 4.69) is 127 Å². The third-order valence-corrected chi connectivity index (χ3v) is 8.29. The van der Waals surface area contributed by atoms with Crippen molar-refractivity contribution in [3.8, 4) is 67.4 Å². The largest absolute Gasteiger partial charge is 0.304 e. The number of aromatic nitrogens is 3. The van der Waals surface area contributed by atoms with E-state index >= 15 is 0 Å². The van der Waals surface area contributed by atoms with Crippen molar-refractivity contribution in [1.29, 1.82) is 0 Å². The van der Waals surface area contributed by atoms with Crippen LogP contribution in [0.4, 0.5) is 0 Å². The van der Waals surface area contributed by atoms with Gasteiger partial charge in [0.15, 0.2) is 0 Å². The maximum absolute atomic E-state index is 5.24. The van der Waals surface area contributed by atoms with Crippen LogP contribution in [-0.4, -0.2) is 15.0 Å². The molecule has 6 aromatic carbocycles. The van der Waals surface area contributed by atoms with Crippen LogP contribution in [0.5, 0.6) is 0 Å². The minimum absolute atomic E-state index is 0. The summed E-state index contributed by atoms with van der Waals surface area (Å²) in [5, 5.41) is 2.23. The monoisotopic (exact) mass is 779 g/mol. The third-order valence-electron chi connectivity index (χ3n) is 8.29. The topological polar surface area (TPSA) is 38.7 Å². The van der Waals surface area contributed by atoms with Crippen molar-refractivity contribution in [2.24, 2.45) is 0 Å². The Kier molecular flexibility index (Phi) is 8.62. The third kappa shape index (κ3) is 6.05. The Morgan fingerprint density at radius 3 is 1.60 bits per heavy atom. The summed E-state index contributed by atoms with van der Waals surface area (Å²) in [4.78, 5) is 15.2. The second kappa shape index (κ2) is 13.4. The molecule has 0 N–H and O–H groups in total. The molecule has 0 saturated carbocycles. The molecule has 0 amide bonds. The normalized spacial score (nSPS) is 10.8. The molecule has 8 aromatic rings. The Hall–Kier alpha value is -5.54. The quantitative estimate of drug-likeness (QED) is 0.158. The molecule has 3 nitrogen and oxygen atoms in total. The van der Waals surface area contributed by atoms with Gasteiger partial charge in [0.05, 0.1) is 11.4 Å². The number of nitrogens with zero attached hydrogens (tertiary/aromatic N) is 3. The van der Waals surface area contributed by atoms with Gasteiger partial charge in [0.2, 0.25) is 0 Å². The van der Waals surface area contributed by atoms with Gasteiger partial charge in [0, 0.05) is 37.4 Å². The standard InChI is InChI=1S/C43H28N3.Ir/c1-3-14-30(15-4-1)35-21-9-11-24-38(35)40-29-41(39-25-12-10-22-36(39)31-16-5-2-6-17-31)46-43(45-40)34-20-13-19-33(28-34)42-37-23-8-7-18-32(37)26-27-44-42;/h1-18,20-29H;/q-1;. The minimum Gasteiger partial charge on any atom is -0.304 e. The molecule has 0 aliphatic heterocycles. The average Bonchev–Trinajstić information content (AvgIpc) is 3.15. The second-order valence-corrected chi connectivity index (χ2v) is 11.2. The van der Waals surface area contributed by atoms with Crippen molar-refractivity contribution in [1.82, 2.24) is 15.0 Å². The van der Waals surface area contributed by atoms with E-state index in [1.807, 2.05) is 48.7 Å². The maximum Gasteiger partial charge on any atom is 0.142 e. The smallest absolute Gasteiger partial charge is 0.142 e. The van der Waals surface area contributed by atoms with Crippen molar-refractivity contribution in [2.45, 2.75) is 0 Å². The van der Waals surface area contributed by atoms with Gasteiger partial charge in [0.25, 0.3) is 0 Å². The molecule has 47 heavy (non-hydrogen) atoms. The molecule has 8 rings (SSSR count). The zero-order valence-corrected chi connectivity index (χ0v) is 27.7. The summed E-state index contributed by atoms with van der Waals surface area (Å²) in [6, 6.07) is 59.8. The molecule has 225 valence electrons. The van der Waals surface area contributed by atoms with Gasteiger partial charge in [-0.05, 0) is 50.9 Å². The molecule has 2 aromatic heterocycles. The average molecular weight is 779 g/mol. The van der Waals surface area contributed by atoms with Gasteiger partial charge >= 0.3 is 0 Å². The first-order valence-electron chi connectivity index (χ1n) is 15.4. The fraction of sp³-hybridized carbons (Fsp3) is 0. The second-order valence-electron chi connectivity index (χ2n) is 11.2. The molecule has 2 heterocycles. The molecule has 1 radical (unpaired) electrons. The molecule has 0 bridgehead atoms. The number of hydrogen-bond acceptors (Lipinski definition) is 3. The molecule has 0 aliphatic carbocycles. The van der Waals surface area contributed by atoms with Crippen LogP contribution in [0.1, 0.15) is 0 Å². The van der Waals surface area contributed by atoms with Crippen LogP contribution in [0.3, 0.4) is 0 Å². The molecule has 4 heteroatoms. The SMILES string of the molecule is [Ir].[c-]1ccc(-c2nc(-c3ccccc3-c3ccccc3)cc(-c3ccccc3-c3ccccc3)n2)cc1-c1nccc2ccccc12. The Morgan fingerprint density at radius 1 is 0.447 bits per heavy atom. The summed E-state index contributed by atoms with van der Waals surface area (Å²) in [5.41, 5.74) is 11.0. The Morgan fingerprint density at radius 2 is 0.979 bits per heavy atom. The van der Waals surface area contributed by atoms with E-state index in [1.54, 1.807) is 0 Å². The predicted molar refractivity (Wildman–Crippen MR) is 189 cm³/mol. The van der Waals surface area contributed by atoms with Crippen LogP contribution in [0.2, 0.25) is 0 Å². The number of fused-ring (bicyclic) bond motifs is 1. The first-order valence-corrected chi connectivity index (χ1v) is 15.4. The maximum atomic E-state index is 5.24. The van der Waals surface area contributed by atoms with Gasteiger partial charge in [-0.1, -0.05) is 139 Å². The van der Waals surface area contributed by atoms with Gasteiger partial charge in [-0.2, -0.15) is 0 Å². The summed E-state index contributed by atoms with van der Waals surface area (Å²) in [7, 11) is 0. The molecule has 0 unspecified atom stereocenters. The van der Waals surface area contributed by atoms with Crippen molar-refractivity contribution < 1.29 is 20.1 Å². The van der Waals surface area contributed by atoms with Gasteiger partial charge in [-0.25, -0.2) is 9.97 Å². The van der Waals surface area contributed by atoms with Crippen molar-refractivity contribution >= 4 is 10.8 Å². The summed E-state index contributed by atoms with van der Waals surface area (Å²) < 4.78 is 0. The van der Waals surface area contributed by atoms with E-state index < -0.39 is 0 Å². The Balaban J connectivity index is 0.00000351. The molecule has 0 aliphatic rings. The van der Waals surface area contributed by atoms with E-state index in [9.17, 15) is 0 Å². The van der Waals surface area contributed by atoms with Crippen LogP contribution in [0.15, 0.2) is 170 Å². The van der Waals surface area contributed by atoms with Crippen LogP contribution < -0.4 is 0 Å². The zero-order chi connectivity index (χ0) is 30.7. The van der Waals surface area contributed by atoms with Gasteiger partial charge in [-0.15, -0.1) is 29.8 Å². The summed E-state index contributed by atoms with van der Waals surface area (Å²) in [5.74, 6) is 0.647. The Bertz CT molecular complexity index is 2210. The first kappa shape index (κ1) is 30.1. The molecule has 0 spiro atoms. The fourth-order valence-corrected chi connectivity index (χ4v) is 6.08. The predicted octanol–water partition coefficient (Wildman–Crippen LogP) is 10.8. The molecule has 0 saturated heterocycles. The van der Waals surface area contributed by atoms with E-state index in [4.69, 9.17) is 15.0 Å².